The minimum atomic E-state index is -0.101. The van der Waals surface area contributed by atoms with Gasteiger partial charge in [0.25, 0.3) is 0 Å². The van der Waals surface area contributed by atoms with Crippen molar-refractivity contribution in [2.24, 2.45) is 0 Å². The highest BCUT2D eigenvalue weighted by Crippen LogP contribution is 2.21. The van der Waals surface area contributed by atoms with E-state index >= 15 is 0 Å². The summed E-state index contributed by atoms with van der Waals surface area (Å²) >= 11 is 0. The Kier molecular flexibility index (Phi) is 2.50. The van der Waals surface area contributed by atoms with Crippen molar-refractivity contribution in [3.05, 3.63) is 60.3 Å². The van der Waals surface area contributed by atoms with Crippen LogP contribution in [0, 0.1) is 0 Å². The zero-order valence-corrected chi connectivity index (χ0v) is 8.23. The summed E-state index contributed by atoms with van der Waals surface area (Å²) < 4.78 is 0. The van der Waals surface area contributed by atoms with E-state index in [1.165, 1.54) is 6.08 Å². The summed E-state index contributed by atoms with van der Waals surface area (Å²) in [5.41, 5.74) is 2.56. The van der Waals surface area contributed by atoms with Gasteiger partial charge in [-0.1, -0.05) is 36.9 Å². The lowest BCUT2D eigenvalue weighted by atomic mass is 10.2. The number of anilines is 1. The number of hydrogen-bond acceptors (Lipinski definition) is 2. The smallest absolute Gasteiger partial charge is 0.201 e. The summed E-state index contributed by atoms with van der Waals surface area (Å²) in [6, 6.07) is 7.83. The molecule has 2 nitrogen and oxygen atoms in total. The van der Waals surface area contributed by atoms with E-state index in [1.807, 2.05) is 36.4 Å². The Balaban J connectivity index is 2.39. The molecule has 15 heavy (non-hydrogen) atoms. The van der Waals surface area contributed by atoms with Crippen LogP contribution in [0.3, 0.4) is 0 Å². The molecule has 0 bridgehead atoms. The zero-order valence-electron chi connectivity index (χ0n) is 8.23. The van der Waals surface area contributed by atoms with Crippen LogP contribution in [0.5, 0.6) is 0 Å². The summed E-state index contributed by atoms with van der Waals surface area (Å²) in [5, 5.41) is 3.09. The van der Waals surface area contributed by atoms with Crippen molar-refractivity contribution >= 4 is 17.5 Å². The van der Waals surface area contributed by atoms with Gasteiger partial charge in [0.15, 0.2) is 0 Å². The summed E-state index contributed by atoms with van der Waals surface area (Å²) in [5.74, 6) is -0.101. The molecule has 1 aliphatic heterocycles. The van der Waals surface area contributed by atoms with E-state index in [-0.39, 0.29) is 5.78 Å². The van der Waals surface area contributed by atoms with Gasteiger partial charge in [-0.05, 0) is 23.8 Å². The van der Waals surface area contributed by atoms with Gasteiger partial charge in [0.05, 0.1) is 5.70 Å². The number of fused-ring (bicyclic) bond motifs is 1. The number of allylic oxidation sites excluding steroid dienone is 3. The van der Waals surface area contributed by atoms with Crippen molar-refractivity contribution < 1.29 is 4.79 Å². The third kappa shape index (κ3) is 1.89. The normalized spacial score (nSPS) is 13.2. The van der Waals surface area contributed by atoms with Crippen molar-refractivity contribution in [2.45, 2.75) is 0 Å². The zero-order chi connectivity index (χ0) is 10.7. The molecule has 1 aromatic rings. The Morgan fingerprint density at radius 1 is 1.33 bits per heavy atom. The molecular weight excluding hydrogens is 186 g/mol. The Labute approximate surface area is 88.6 Å². The number of nitrogens with one attached hydrogen (secondary N) is 1. The van der Waals surface area contributed by atoms with E-state index in [9.17, 15) is 4.79 Å². The van der Waals surface area contributed by atoms with Crippen molar-refractivity contribution in [3.8, 4) is 0 Å². The first-order valence-electron chi connectivity index (χ1n) is 4.72. The highest BCUT2D eigenvalue weighted by Gasteiger charge is 2.08. The Morgan fingerprint density at radius 3 is 2.93 bits per heavy atom. The molecule has 0 radical (unpaired) electrons. The lowest BCUT2D eigenvalue weighted by Gasteiger charge is -2.08. The second-order valence-corrected chi connectivity index (χ2v) is 3.22. The van der Waals surface area contributed by atoms with E-state index in [4.69, 9.17) is 0 Å². The third-order valence-electron chi connectivity index (χ3n) is 2.22. The molecule has 0 amide bonds. The Bertz CT molecular complexity index is 469. The van der Waals surface area contributed by atoms with Gasteiger partial charge in [0, 0.05) is 5.69 Å². The highest BCUT2D eigenvalue weighted by atomic mass is 16.1. The van der Waals surface area contributed by atoms with Gasteiger partial charge in [-0.3, -0.25) is 4.79 Å². The van der Waals surface area contributed by atoms with Gasteiger partial charge in [0.1, 0.15) is 0 Å². The standard InChI is InChI=1S/C13H11NO/c1-2-13(15)12-9-5-7-10-6-3-4-8-11(10)14-12/h2-9,14H,1H2. The Morgan fingerprint density at radius 2 is 2.13 bits per heavy atom. The summed E-state index contributed by atoms with van der Waals surface area (Å²) in [6.07, 6.45) is 6.88. The quantitative estimate of drug-likeness (QED) is 0.738. The lowest BCUT2D eigenvalue weighted by Crippen LogP contribution is -2.08. The predicted octanol–water partition coefficient (Wildman–Crippen LogP) is 2.76. The number of rotatable bonds is 2. The molecule has 2 heteroatoms. The molecule has 0 saturated carbocycles. The van der Waals surface area contributed by atoms with Crippen molar-refractivity contribution in [2.75, 3.05) is 5.32 Å². The molecule has 0 fully saturated rings. The molecule has 0 aliphatic carbocycles. The van der Waals surface area contributed by atoms with Crippen LogP contribution in [0.25, 0.3) is 6.08 Å². The first kappa shape index (κ1) is 9.46. The van der Waals surface area contributed by atoms with Crippen LogP contribution in [0.2, 0.25) is 0 Å². The average Bonchev–Trinajstić information content (AvgIpc) is 2.49. The number of ketones is 1. The molecule has 0 saturated heterocycles. The first-order chi connectivity index (χ1) is 7.31. The number of benzene rings is 1. The first-order valence-corrected chi connectivity index (χ1v) is 4.72. The fourth-order valence-electron chi connectivity index (χ4n) is 1.44. The van der Waals surface area contributed by atoms with Gasteiger partial charge in [-0.15, -0.1) is 0 Å². The van der Waals surface area contributed by atoms with E-state index < -0.39 is 0 Å². The fourth-order valence-corrected chi connectivity index (χ4v) is 1.44. The molecule has 1 aliphatic rings. The minimum absolute atomic E-state index is 0.101. The number of carbonyl (C=O) groups excluding carboxylic acids is 1. The predicted molar refractivity (Wildman–Crippen MR) is 62.4 cm³/mol. The van der Waals surface area contributed by atoms with Gasteiger partial charge >= 0.3 is 0 Å². The van der Waals surface area contributed by atoms with Crippen LogP contribution < -0.4 is 5.32 Å². The SMILES string of the molecule is C=CC(=O)C1=CC=Cc2ccccc2N1. The summed E-state index contributed by atoms with van der Waals surface area (Å²) in [4.78, 5) is 11.4. The second kappa shape index (κ2) is 3.96. The highest BCUT2D eigenvalue weighted by molar-refractivity contribution is 6.06. The van der Waals surface area contributed by atoms with E-state index in [2.05, 4.69) is 11.9 Å². The lowest BCUT2D eigenvalue weighted by molar-refractivity contribution is -0.111. The van der Waals surface area contributed by atoms with E-state index in [0.29, 0.717) is 5.70 Å². The van der Waals surface area contributed by atoms with Crippen molar-refractivity contribution in [3.63, 3.8) is 0 Å². The maximum Gasteiger partial charge on any atom is 0.201 e. The van der Waals surface area contributed by atoms with Gasteiger partial charge in [-0.2, -0.15) is 0 Å². The topological polar surface area (TPSA) is 29.1 Å². The number of para-hydroxylation sites is 1. The average molecular weight is 197 g/mol. The van der Waals surface area contributed by atoms with Crippen molar-refractivity contribution in [1.29, 1.82) is 0 Å². The summed E-state index contributed by atoms with van der Waals surface area (Å²) in [7, 11) is 0. The van der Waals surface area contributed by atoms with E-state index in [0.717, 1.165) is 11.3 Å². The van der Waals surface area contributed by atoms with Crippen LogP contribution in [0.15, 0.2) is 54.8 Å². The maximum atomic E-state index is 11.4. The molecule has 74 valence electrons. The molecule has 0 aromatic heterocycles. The van der Waals surface area contributed by atoms with Crippen LogP contribution >= 0.6 is 0 Å². The number of hydrogen-bond donors (Lipinski definition) is 1. The molecule has 1 heterocycles. The van der Waals surface area contributed by atoms with Gasteiger partial charge in [-0.25, -0.2) is 0 Å². The second-order valence-electron chi connectivity index (χ2n) is 3.22. The van der Waals surface area contributed by atoms with Gasteiger partial charge in [0.2, 0.25) is 5.78 Å². The molecule has 0 atom stereocenters. The van der Waals surface area contributed by atoms with Crippen LogP contribution in [0.4, 0.5) is 5.69 Å². The summed E-state index contributed by atoms with van der Waals surface area (Å²) in [6.45, 7) is 3.47. The van der Waals surface area contributed by atoms with Crippen LogP contribution in [-0.4, -0.2) is 5.78 Å². The van der Waals surface area contributed by atoms with E-state index in [1.54, 1.807) is 6.08 Å². The van der Waals surface area contributed by atoms with Crippen LogP contribution in [0.1, 0.15) is 5.56 Å². The monoisotopic (exact) mass is 197 g/mol. The molecule has 1 N–H and O–H groups in total. The fraction of sp³-hybridized carbons (Fsp3) is 0. The Hall–Kier alpha value is -2.09. The molecule has 2 rings (SSSR count). The van der Waals surface area contributed by atoms with Crippen molar-refractivity contribution in [1.82, 2.24) is 0 Å². The molecule has 1 aromatic carbocycles. The molecular formula is C13H11NO. The molecule has 0 spiro atoms. The minimum Gasteiger partial charge on any atom is -0.352 e. The largest absolute Gasteiger partial charge is 0.352 e. The maximum absolute atomic E-state index is 11.4. The number of carbonyl (C=O) groups is 1. The van der Waals surface area contributed by atoms with Crippen LogP contribution in [-0.2, 0) is 4.79 Å². The molecule has 0 unspecified atom stereocenters. The third-order valence-corrected chi connectivity index (χ3v) is 2.22. The van der Waals surface area contributed by atoms with Gasteiger partial charge < -0.3 is 5.32 Å².